The van der Waals surface area contributed by atoms with E-state index >= 15 is 0 Å². The highest BCUT2D eigenvalue weighted by atomic mass is 16.7. The molecule has 132 valence electrons. The van der Waals surface area contributed by atoms with Crippen LogP contribution in [-0.4, -0.2) is 46.6 Å². The summed E-state index contributed by atoms with van der Waals surface area (Å²) in [6, 6.07) is -1.22. The zero-order valence-electron chi connectivity index (χ0n) is 12.8. The van der Waals surface area contributed by atoms with Gasteiger partial charge in [-0.25, -0.2) is 4.79 Å². The number of amides is 5. The lowest BCUT2D eigenvalue weighted by atomic mass is 10.1. The minimum absolute atomic E-state index is 0.0110. The van der Waals surface area contributed by atoms with Gasteiger partial charge in [0.05, 0.1) is 6.42 Å². The highest BCUT2D eigenvalue weighted by Gasteiger charge is 2.32. The third kappa shape index (κ3) is 6.02. The molecule has 1 aliphatic rings. The summed E-state index contributed by atoms with van der Waals surface area (Å²) in [6.07, 6.45) is -0.780. The van der Waals surface area contributed by atoms with E-state index in [4.69, 9.17) is 11.5 Å². The van der Waals surface area contributed by atoms with E-state index in [0.29, 0.717) is 5.06 Å². The number of primary amides is 2. The fourth-order valence-corrected chi connectivity index (χ4v) is 1.89. The van der Waals surface area contributed by atoms with Gasteiger partial charge in [-0.2, -0.15) is 0 Å². The van der Waals surface area contributed by atoms with Gasteiger partial charge in [-0.3, -0.25) is 24.0 Å². The summed E-state index contributed by atoms with van der Waals surface area (Å²) in [5.41, 5.74) is 9.95. The Balaban J connectivity index is 2.32. The first kappa shape index (κ1) is 19.1. The lowest BCUT2D eigenvalue weighted by Crippen LogP contribution is -2.46. The fraction of sp³-hybridized carbons (Fsp3) is 0.538. The van der Waals surface area contributed by atoms with Gasteiger partial charge in [0.15, 0.2) is 0 Å². The molecule has 0 aliphatic carbocycles. The summed E-state index contributed by atoms with van der Waals surface area (Å²) in [4.78, 5) is 72.1. The van der Waals surface area contributed by atoms with Crippen LogP contribution < -0.4 is 16.8 Å². The van der Waals surface area contributed by atoms with Crippen molar-refractivity contribution in [3.8, 4) is 0 Å². The molecule has 0 aromatic heterocycles. The van der Waals surface area contributed by atoms with Gasteiger partial charge >= 0.3 is 5.97 Å². The number of nitrogens with zero attached hydrogens (tertiary/aromatic N) is 1. The molecule has 1 rings (SSSR count). The van der Waals surface area contributed by atoms with Crippen molar-refractivity contribution in [2.75, 3.05) is 0 Å². The number of hydrogen-bond donors (Lipinski definition) is 3. The smallest absolute Gasteiger partial charge is 0.333 e. The number of nitrogens with two attached hydrogens (primary N) is 2. The summed E-state index contributed by atoms with van der Waals surface area (Å²) in [6.45, 7) is 0. The van der Waals surface area contributed by atoms with Gasteiger partial charge in [0.2, 0.25) is 17.7 Å². The number of nitrogens with one attached hydrogen (secondary N) is 1. The van der Waals surface area contributed by atoms with Crippen LogP contribution in [0.5, 0.6) is 0 Å². The van der Waals surface area contributed by atoms with Crippen LogP contribution in [0, 0.1) is 0 Å². The predicted molar refractivity (Wildman–Crippen MR) is 76.0 cm³/mol. The van der Waals surface area contributed by atoms with Crippen LogP contribution >= 0.6 is 0 Å². The molecule has 0 aromatic rings. The third-order valence-electron chi connectivity index (χ3n) is 3.07. The molecule has 1 fully saturated rings. The standard InChI is InChI=1S/C13H18N4O7/c14-8(18)6-7(13(15)23)16-9(19)2-1-3-12(22)24-17-10(20)4-5-11(17)21/h7H,1-6H2,(H2,14,18)(H2,15,23)(H,16,19)/t7-/m0/s1. The Morgan fingerprint density at radius 1 is 1.08 bits per heavy atom. The van der Waals surface area contributed by atoms with Crippen LogP contribution in [0.25, 0.3) is 0 Å². The van der Waals surface area contributed by atoms with Gasteiger partial charge < -0.3 is 21.6 Å². The van der Waals surface area contributed by atoms with Crippen LogP contribution in [-0.2, 0) is 33.6 Å². The molecule has 1 saturated heterocycles. The monoisotopic (exact) mass is 342 g/mol. The lowest BCUT2D eigenvalue weighted by Gasteiger charge is -2.14. The fourth-order valence-electron chi connectivity index (χ4n) is 1.89. The van der Waals surface area contributed by atoms with Crippen LogP contribution in [0.3, 0.4) is 0 Å². The molecule has 5 N–H and O–H groups in total. The molecule has 0 bridgehead atoms. The van der Waals surface area contributed by atoms with E-state index in [-0.39, 0.29) is 32.1 Å². The average molecular weight is 342 g/mol. The Kier molecular flexibility index (Phi) is 6.83. The van der Waals surface area contributed by atoms with Crippen molar-refractivity contribution in [1.82, 2.24) is 10.4 Å². The van der Waals surface area contributed by atoms with Crippen molar-refractivity contribution >= 4 is 35.5 Å². The quantitative estimate of drug-likeness (QED) is 0.391. The van der Waals surface area contributed by atoms with Crippen molar-refractivity contribution < 1.29 is 33.6 Å². The molecule has 11 heteroatoms. The highest BCUT2D eigenvalue weighted by molar-refractivity contribution is 6.01. The lowest BCUT2D eigenvalue weighted by molar-refractivity contribution is -0.197. The molecule has 5 amide bonds. The van der Waals surface area contributed by atoms with E-state index < -0.39 is 48.0 Å². The summed E-state index contributed by atoms with van der Waals surface area (Å²) in [7, 11) is 0. The molecule has 1 heterocycles. The van der Waals surface area contributed by atoms with Crippen LogP contribution in [0.15, 0.2) is 0 Å². The van der Waals surface area contributed by atoms with E-state index in [9.17, 15) is 28.8 Å². The highest BCUT2D eigenvalue weighted by Crippen LogP contribution is 2.13. The Bertz CT molecular complexity index is 559. The Morgan fingerprint density at radius 3 is 2.17 bits per heavy atom. The first-order valence-corrected chi connectivity index (χ1v) is 7.14. The number of carbonyl (C=O) groups excluding carboxylic acids is 6. The Labute approximate surface area is 136 Å². The SMILES string of the molecule is NC(=O)C[C@H](NC(=O)CCCC(=O)ON1C(=O)CCC1=O)C(N)=O. The summed E-state index contributed by atoms with van der Waals surface area (Å²) in [5.74, 6) is -4.35. The van der Waals surface area contributed by atoms with Gasteiger partial charge in [-0.05, 0) is 6.42 Å². The number of hydroxylamine groups is 2. The molecular formula is C13H18N4O7. The van der Waals surface area contributed by atoms with Gasteiger partial charge in [0.25, 0.3) is 11.8 Å². The molecule has 1 atom stereocenters. The van der Waals surface area contributed by atoms with Crippen molar-refractivity contribution in [2.24, 2.45) is 11.5 Å². The van der Waals surface area contributed by atoms with E-state index in [1.807, 2.05) is 0 Å². The third-order valence-corrected chi connectivity index (χ3v) is 3.07. The van der Waals surface area contributed by atoms with Gasteiger partial charge in [-0.15, -0.1) is 5.06 Å². The van der Waals surface area contributed by atoms with E-state index in [2.05, 4.69) is 10.2 Å². The molecule has 0 aromatic carbocycles. The summed E-state index contributed by atoms with van der Waals surface area (Å²) in [5, 5.41) is 2.64. The first-order valence-electron chi connectivity index (χ1n) is 7.14. The minimum atomic E-state index is -1.22. The number of hydrogen-bond acceptors (Lipinski definition) is 7. The Morgan fingerprint density at radius 2 is 1.67 bits per heavy atom. The predicted octanol–water partition coefficient (Wildman–Crippen LogP) is -2.39. The molecule has 0 radical (unpaired) electrons. The van der Waals surface area contributed by atoms with E-state index in [1.165, 1.54) is 0 Å². The second-order valence-electron chi connectivity index (χ2n) is 5.09. The maximum absolute atomic E-state index is 11.6. The molecule has 11 nitrogen and oxygen atoms in total. The first-order chi connectivity index (χ1) is 11.2. The zero-order valence-corrected chi connectivity index (χ0v) is 12.8. The number of imide groups is 1. The number of carbonyl (C=O) groups is 6. The second kappa shape index (κ2) is 8.60. The van der Waals surface area contributed by atoms with Gasteiger partial charge in [0, 0.05) is 25.7 Å². The molecular weight excluding hydrogens is 324 g/mol. The molecule has 24 heavy (non-hydrogen) atoms. The molecule has 0 saturated carbocycles. The van der Waals surface area contributed by atoms with Crippen LogP contribution in [0.4, 0.5) is 0 Å². The van der Waals surface area contributed by atoms with Crippen molar-refractivity contribution in [3.63, 3.8) is 0 Å². The second-order valence-corrected chi connectivity index (χ2v) is 5.09. The van der Waals surface area contributed by atoms with Crippen molar-refractivity contribution in [1.29, 1.82) is 0 Å². The normalized spacial score (nSPS) is 15.1. The zero-order chi connectivity index (χ0) is 18.3. The summed E-state index contributed by atoms with van der Waals surface area (Å²) < 4.78 is 0. The maximum Gasteiger partial charge on any atom is 0.333 e. The Hall–Kier alpha value is -2.98. The van der Waals surface area contributed by atoms with E-state index in [1.54, 1.807) is 0 Å². The average Bonchev–Trinajstić information content (AvgIpc) is 2.78. The van der Waals surface area contributed by atoms with Gasteiger partial charge in [0.1, 0.15) is 6.04 Å². The largest absolute Gasteiger partial charge is 0.370 e. The van der Waals surface area contributed by atoms with Crippen molar-refractivity contribution in [3.05, 3.63) is 0 Å². The van der Waals surface area contributed by atoms with Crippen LogP contribution in [0.1, 0.15) is 38.5 Å². The van der Waals surface area contributed by atoms with Crippen LogP contribution in [0.2, 0.25) is 0 Å². The van der Waals surface area contributed by atoms with E-state index in [0.717, 1.165) is 0 Å². The topological polar surface area (TPSA) is 179 Å². The molecule has 0 spiro atoms. The molecule has 0 unspecified atom stereocenters. The van der Waals surface area contributed by atoms with Gasteiger partial charge in [-0.1, -0.05) is 0 Å². The maximum atomic E-state index is 11.6. The summed E-state index contributed by atoms with van der Waals surface area (Å²) >= 11 is 0. The van der Waals surface area contributed by atoms with Crippen molar-refractivity contribution in [2.45, 2.75) is 44.6 Å². The molecule has 1 aliphatic heterocycles. The minimum Gasteiger partial charge on any atom is -0.370 e. The number of rotatable bonds is 9.